The molecule has 2 aromatic rings. The second kappa shape index (κ2) is 7.98. The van der Waals surface area contributed by atoms with Gasteiger partial charge in [-0.05, 0) is 55.7 Å². The molecule has 1 saturated heterocycles. The van der Waals surface area contributed by atoms with Crippen LogP contribution >= 0.6 is 0 Å². The first-order valence-corrected chi connectivity index (χ1v) is 13.5. The van der Waals surface area contributed by atoms with Crippen molar-refractivity contribution in [3.05, 3.63) is 59.7 Å². The second-order valence-corrected chi connectivity index (χ2v) is 12.7. The highest BCUT2D eigenvalue weighted by Crippen LogP contribution is 2.32. The van der Waals surface area contributed by atoms with Crippen LogP contribution in [0.25, 0.3) is 0 Å². The minimum Gasteiger partial charge on any atom is -0.491 e. The van der Waals surface area contributed by atoms with Gasteiger partial charge < -0.3 is 4.74 Å². The third kappa shape index (κ3) is 4.26. The molecule has 4 rings (SSSR count). The Morgan fingerprint density at radius 3 is 2.33 bits per heavy atom. The molecule has 2 aliphatic heterocycles. The van der Waals surface area contributed by atoms with Gasteiger partial charge in [-0.3, -0.25) is 4.90 Å². The second-order valence-electron chi connectivity index (χ2n) is 8.35. The molecule has 2 aromatic carbocycles. The van der Waals surface area contributed by atoms with E-state index in [4.69, 9.17) is 4.74 Å². The number of fused-ring (bicyclic) bond motifs is 1. The lowest BCUT2D eigenvalue weighted by Crippen LogP contribution is -2.48. The molecule has 162 valence electrons. The Morgan fingerprint density at radius 1 is 1.00 bits per heavy atom. The maximum Gasteiger partial charge on any atom is 0.183 e. The zero-order valence-corrected chi connectivity index (χ0v) is 18.8. The first-order chi connectivity index (χ1) is 14.2. The van der Waals surface area contributed by atoms with Crippen molar-refractivity contribution in [1.82, 2.24) is 4.90 Å². The normalized spacial score (nSPS) is 24.0. The largest absolute Gasteiger partial charge is 0.491 e. The summed E-state index contributed by atoms with van der Waals surface area (Å²) in [6.45, 7) is 5.03. The molecule has 0 aromatic heterocycles. The maximum atomic E-state index is 13.4. The van der Waals surface area contributed by atoms with Crippen molar-refractivity contribution < 1.29 is 21.6 Å². The fourth-order valence-electron chi connectivity index (χ4n) is 4.39. The SMILES string of the molecule is CC(C)Oc1ccc(S(=O)(=O)[C@H]2CS(=O)(=O)C[C@@H]2N2CCc3ccccc3C2)cc1. The standard InChI is InChI=1S/C22H27NO5S2/c1-16(2)28-19-7-9-20(10-8-19)30(26,27)22-15-29(24,25)14-21(22)23-12-11-17-5-3-4-6-18(17)13-23/h3-10,16,21-22H,11-15H2,1-2H3/t21-,22-/m0/s1. The van der Waals surface area contributed by atoms with Crippen LogP contribution in [-0.2, 0) is 32.6 Å². The Bertz CT molecular complexity index is 1120. The minimum absolute atomic E-state index is 0.0150. The monoisotopic (exact) mass is 449 g/mol. The summed E-state index contributed by atoms with van der Waals surface area (Å²) >= 11 is 0. The van der Waals surface area contributed by atoms with E-state index in [0.29, 0.717) is 18.8 Å². The number of hydrogen-bond acceptors (Lipinski definition) is 6. The summed E-state index contributed by atoms with van der Waals surface area (Å²) in [7, 11) is -7.24. The summed E-state index contributed by atoms with van der Waals surface area (Å²) in [5.74, 6) is 0.142. The van der Waals surface area contributed by atoms with Crippen molar-refractivity contribution in [3.8, 4) is 5.75 Å². The Kier molecular flexibility index (Phi) is 5.67. The summed E-state index contributed by atoms with van der Waals surface area (Å²) in [6, 6.07) is 13.8. The van der Waals surface area contributed by atoms with E-state index in [2.05, 4.69) is 6.07 Å². The smallest absolute Gasteiger partial charge is 0.183 e. The predicted molar refractivity (Wildman–Crippen MR) is 116 cm³/mol. The van der Waals surface area contributed by atoms with E-state index >= 15 is 0 Å². The molecule has 8 heteroatoms. The Labute approximate surface area is 178 Å². The molecule has 0 aliphatic carbocycles. The van der Waals surface area contributed by atoms with E-state index in [-0.39, 0.29) is 22.5 Å². The number of nitrogens with zero attached hydrogens (tertiary/aromatic N) is 1. The molecule has 6 nitrogen and oxygen atoms in total. The zero-order chi connectivity index (χ0) is 21.5. The van der Waals surface area contributed by atoms with Gasteiger partial charge >= 0.3 is 0 Å². The summed E-state index contributed by atoms with van der Waals surface area (Å²) in [6.07, 6.45) is 0.777. The van der Waals surface area contributed by atoms with Crippen molar-refractivity contribution in [2.75, 3.05) is 18.1 Å². The fourth-order valence-corrected chi connectivity index (χ4v) is 9.22. The van der Waals surface area contributed by atoms with Crippen LogP contribution in [-0.4, -0.2) is 57.2 Å². The lowest BCUT2D eigenvalue weighted by molar-refractivity contribution is 0.195. The van der Waals surface area contributed by atoms with Crippen LogP contribution in [0.2, 0.25) is 0 Å². The molecule has 0 radical (unpaired) electrons. The number of sulfone groups is 2. The van der Waals surface area contributed by atoms with Gasteiger partial charge in [-0.1, -0.05) is 24.3 Å². The van der Waals surface area contributed by atoms with Gasteiger partial charge in [0.15, 0.2) is 19.7 Å². The van der Waals surface area contributed by atoms with Crippen LogP contribution in [0.5, 0.6) is 5.75 Å². The highest BCUT2D eigenvalue weighted by atomic mass is 32.2. The van der Waals surface area contributed by atoms with Crippen molar-refractivity contribution in [1.29, 1.82) is 0 Å². The Hall–Kier alpha value is -1.90. The summed E-state index contributed by atoms with van der Waals surface area (Å²) in [5.41, 5.74) is 2.38. The molecule has 2 atom stereocenters. The molecule has 0 N–H and O–H groups in total. The van der Waals surface area contributed by atoms with E-state index < -0.39 is 31.0 Å². The highest BCUT2D eigenvalue weighted by Gasteiger charge is 2.48. The van der Waals surface area contributed by atoms with Crippen molar-refractivity contribution in [2.45, 2.75) is 49.1 Å². The van der Waals surface area contributed by atoms with Crippen LogP contribution in [0.3, 0.4) is 0 Å². The van der Waals surface area contributed by atoms with Gasteiger partial charge in [-0.2, -0.15) is 0 Å². The molecule has 30 heavy (non-hydrogen) atoms. The van der Waals surface area contributed by atoms with Gasteiger partial charge in [0.1, 0.15) is 5.75 Å². The molecule has 0 saturated carbocycles. The average Bonchev–Trinajstić information content (AvgIpc) is 3.04. The number of hydrogen-bond donors (Lipinski definition) is 0. The average molecular weight is 450 g/mol. The van der Waals surface area contributed by atoms with Gasteiger partial charge in [-0.25, -0.2) is 16.8 Å². The van der Waals surface area contributed by atoms with Crippen molar-refractivity contribution in [2.24, 2.45) is 0 Å². The molecule has 0 unspecified atom stereocenters. The molecular weight excluding hydrogens is 422 g/mol. The molecule has 0 spiro atoms. The van der Waals surface area contributed by atoms with E-state index in [1.807, 2.05) is 36.9 Å². The molecule has 2 heterocycles. The number of rotatable bonds is 5. The van der Waals surface area contributed by atoms with Crippen LogP contribution in [0.15, 0.2) is 53.4 Å². The Morgan fingerprint density at radius 2 is 1.67 bits per heavy atom. The predicted octanol–water partition coefficient (Wildman–Crippen LogP) is 2.47. The first kappa shape index (κ1) is 21.3. The van der Waals surface area contributed by atoms with Gasteiger partial charge in [0.25, 0.3) is 0 Å². The van der Waals surface area contributed by atoms with Crippen LogP contribution < -0.4 is 4.74 Å². The summed E-state index contributed by atoms with van der Waals surface area (Å²) in [4.78, 5) is 2.17. The van der Waals surface area contributed by atoms with E-state index in [9.17, 15) is 16.8 Å². The van der Waals surface area contributed by atoms with E-state index in [1.54, 1.807) is 12.1 Å². The van der Waals surface area contributed by atoms with Gasteiger partial charge in [0.05, 0.1) is 27.8 Å². The van der Waals surface area contributed by atoms with Crippen LogP contribution in [0.1, 0.15) is 25.0 Å². The third-order valence-electron chi connectivity index (χ3n) is 5.82. The lowest BCUT2D eigenvalue weighted by Gasteiger charge is -2.35. The summed E-state index contributed by atoms with van der Waals surface area (Å²) in [5, 5.41) is -0.968. The highest BCUT2D eigenvalue weighted by molar-refractivity contribution is 7.96. The maximum absolute atomic E-state index is 13.4. The molecule has 0 amide bonds. The number of benzene rings is 2. The quantitative estimate of drug-likeness (QED) is 0.698. The van der Waals surface area contributed by atoms with Gasteiger partial charge in [-0.15, -0.1) is 0 Å². The minimum atomic E-state index is -3.81. The fraction of sp³-hybridized carbons (Fsp3) is 0.455. The van der Waals surface area contributed by atoms with Crippen LogP contribution in [0.4, 0.5) is 0 Å². The topological polar surface area (TPSA) is 80.8 Å². The van der Waals surface area contributed by atoms with E-state index in [0.717, 1.165) is 12.0 Å². The zero-order valence-electron chi connectivity index (χ0n) is 17.2. The lowest BCUT2D eigenvalue weighted by atomic mass is 9.98. The van der Waals surface area contributed by atoms with Crippen molar-refractivity contribution >= 4 is 19.7 Å². The first-order valence-electron chi connectivity index (χ1n) is 10.2. The number of ether oxygens (including phenoxy) is 1. The van der Waals surface area contributed by atoms with Gasteiger partial charge in [0, 0.05) is 19.1 Å². The molecular formula is C22H27NO5S2. The molecule has 2 aliphatic rings. The third-order valence-corrected chi connectivity index (χ3v) is 9.96. The molecule has 0 bridgehead atoms. The Balaban J connectivity index is 1.62. The van der Waals surface area contributed by atoms with Crippen LogP contribution in [0, 0.1) is 0 Å². The molecule has 1 fully saturated rings. The van der Waals surface area contributed by atoms with Gasteiger partial charge in [0.2, 0.25) is 0 Å². The summed E-state index contributed by atoms with van der Waals surface area (Å²) < 4.78 is 57.4. The van der Waals surface area contributed by atoms with Crippen molar-refractivity contribution in [3.63, 3.8) is 0 Å². The van der Waals surface area contributed by atoms with E-state index in [1.165, 1.54) is 17.7 Å².